The highest BCUT2D eigenvalue weighted by molar-refractivity contribution is 5.02. The number of rotatable bonds is 3. The monoisotopic (exact) mass is 197 g/mol. The topological polar surface area (TPSA) is 52.5 Å². The van der Waals surface area contributed by atoms with Crippen molar-refractivity contribution in [2.24, 2.45) is 5.92 Å². The van der Waals surface area contributed by atoms with Crippen LogP contribution in [0.3, 0.4) is 0 Å². The van der Waals surface area contributed by atoms with E-state index in [1.807, 2.05) is 0 Å². The van der Waals surface area contributed by atoms with Crippen LogP contribution in [0.25, 0.3) is 0 Å². The lowest BCUT2D eigenvalue weighted by Crippen LogP contribution is -2.44. The highest BCUT2D eigenvalue weighted by Gasteiger charge is 2.39. The Morgan fingerprint density at radius 2 is 2.07 bits per heavy atom. The van der Waals surface area contributed by atoms with Crippen molar-refractivity contribution < 1.29 is 10.2 Å². The molecular weight excluding hydrogens is 178 g/mol. The fourth-order valence-corrected chi connectivity index (χ4v) is 2.66. The summed E-state index contributed by atoms with van der Waals surface area (Å²) in [5, 5.41) is 22.1. The molecule has 80 valence electrons. The van der Waals surface area contributed by atoms with Crippen molar-refractivity contribution in [2.75, 3.05) is 13.2 Å². The molecule has 0 aromatic rings. The molecule has 2 aliphatic rings. The van der Waals surface area contributed by atoms with E-state index in [0.29, 0.717) is 18.9 Å². The fourth-order valence-electron chi connectivity index (χ4n) is 2.66. The molecule has 0 amide bonds. The Kier molecular flexibility index (Phi) is 2.91. The Balaban J connectivity index is 1.92. The molecule has 0 aromatic heterocycles. The van der Waals surface area contributed by atoms with E-state index in [4.69, 9.17) is 0 Å². The number of allylic oxidation sites excluding steroid dienone is 2. The minimum atomic E-state index is -0.281. The van der Waals surface area contributed by atoms with Gasteiger partial charge >= 0.3 is 0 Å². The lowest BCUT2D eigenvalue weighted by atomic mass is 9.85. The SMILES string of the molecule is OCC1(CC2CC=CC2)CC(O)CN1. The molecule has 1 aliphatic heterocycles. The van der Waals surface area contributed by atoms with Crippen molar-refractivity contribution in [1.82, 2.24) is 5.32 Å². The Morgan fingerprint density at radius 1 is 1.36 bits per heavy atom. The summed E-state index contributed by atoms with van der Waals surface area (Å²) in [7, 11) is 0. The van der Waals surface area contributed by atoms with Gasteiger partial charge in [0.2, 0.25) is 0 Å². The summed E-state index contributed by atoms with van der Waals surface area (Å²) in [6.45, 7) is 0.765. The maximum Gasteiger partial charge on any atom is 0.0683 e. The molecular formula is C11H19NO2. The van der Waals surface area contributed by atoms with E-state index < -0.39 is 0 Å². The van der Waals surface area contributed by atoms with Gasteiger partial charge in [0.05, 0.1) is 12.7 Å². The molecule has 1 heterocycles. The summed E-state index contributed by atoms with van der Waals surface area (Å²) in [5.41, 5.74) is -0.212. The number of hydrogen-bond donors (Lipinski definition) is 3. The van der Waals surface area contributed by atoms with E-state index in [9.17, 15) is 10.2 Å². The maximum atomic E-state index is 9.48. The van der Waals surface area contributed by atoms with Gasteiger partial charge < -0.3 is 15.5 Å². The van der Waals surface area contributed by atoms with E-state index in [1.54, 1.807) is 0 Å². The normalized spacial score (nSPS) is 38.3. The maximum absolute atomic E-state index is 9.48. The van der Waals surface area contributed by atoms with Gasteiger partial charge in [-0.05, 0) is 31.6 Å². The van der Waals surface area contributed by atoms with Crippen LogP contribution in [0.15, 0.2) is 12.2 Å². The van der Waals surface area contributed by atoms with E-state index >= 15 is 0 Å². The van der Waals surface area contributed by atoms with Crippen molar-refractivity contribution >= 4 is 0 Å². The molecule has 1 fully saturated rings. The van der Waals surface area contributed by atoms with Gasteiger partial charge in [0.25, 0.3) is 0 Å². The summed E-state index contributed by atoms with van der Waals surface area (Å²) in [4.78, 5) is 0. The molecule has 0 aromatic carbocycles. The van der Waals surface area contributed by atoms with Crippen molar-refractivity contribution in [3.63, 3.8) is 0 Å². The minimum Gasteiger partial charge on any atom is -0.394 e. The van der Waals surface area contributed by atoms with Gasteiger partial charge in [-0.3, -0.25) is 0 Å². The molecule has 2 rings (SSSR count). The van der Waals surface area contributed by atoms with Crippen LogP contribution in [0.1, 0.15) is 25.7 Å². The first-order valence-electron chi connectivity index (χ1n) is 5.43. The zero-order chi connectivity index (χ0) is 10.0. The highest BCUT2D eigenvalue weighted by Crippen LogP contribution is 2.32. The number of aliphatic hydroxyl groups excluding tert-OH is 2. The third-order valence-corrected chi connectivity index (χ3v) is 3.43. The van der Waals surface area contributed by atoms with Gasteiger partial charge in [0, 0.05) is 12.1 Å². The van der Waals surface area contributed by atoms with Crippen LogP contribution in [0.4, 0.5) is 0 Å². The molecule has 0 saturated carbocycles. The number of nitrogens with one attached hydrogen (secondary N) is 1. The second-order valence-corrected chi connectivity index (χ2v) is 4.69. The molecule has 3 heteroatoms. The van der Waals surface area contributed by atoms with E-state index in [0.717, 1.165) is 19.3 Å². The van der Waals surface area contributed by atoms with Gasteiger partial charge in [-0.1, -0.05) is 12.2 Å². The van der Waals surface area contributed by atoms with Gasteiger partial charge in [0.1, 0.15) is 0 Å². The smallest absolute Gasteiger partial charge is 0.0683 e. The second-order valence-electron chi connectivity index (χ2n) is 4.69. The first-order chi connectivity index (χ1) is 6.74. The van der Waals surface area contributed by atoms with Crippen LogP contribution in [-0.4, -0.2) is 35.0 Å². The van der Waals surface area contributed by atoms with Gasteiger partial charge in [-0.15, -0.1) is 0 Å². The Labute approximate surface area is 84.8 Å². The zero-order valence-electron chi connectivity index (χ0n) is 8.45. The van der Waals surface area contributed by atoms with Crippen LogP contribution < -0.4 is 5.32 Å². The molecule has 14 heavy (non-hydrogen) atoms. The Morgan fingerprint density at radius 3 is 2.57 bits per heavy atom. The number of aliphatic hydroxyl groups is 2. The molecule has 3 N–H and O–H groups in total. The quantitative estimate of drug-likeness (QED) is 0.575. The Hall–Kier alpha value is -0.380. The fraction of sp³-hybridized carbons (Fsp3) is 0.818. The van der Waals surface area contributed by atoms with Crippen molar-refractivity contribution in [1.29, 1.82) is 0 Å². The summed E-state index contributed by atoms with van der Waals surface area (Å²) in [6.07, 6.45) is 8.06. The molecule has 0 bridgehead atoms. The molecule has 2 atom stereocenters. The average molecular weight is 197 g/mol. The summed E-state index contributed by atoms with van der Waals surface area (Å²) in [5.74, 6) is 0.653. The number of hydrogen-bond acceptors (Lipinski definition) is 3. The van der Waals surface area contributed by atoms with Crippen LogP contribution in [0.2, 0.25) is 0 Å². The van der Waals surface area contributed by atoms with Crippen molar-refractivity contribution in [3.8, 4) is 0 Å². The lowest BCUT2D eigenvalue weighted by molar-refractivity contribution is 0.128. The largest absolute Gasteiger partial charge is 0.394 e. The predicted octanol–water partition coefficient (Wildman–Crippen LogP) is 0.428. The van der Waals surface area contributed by atoms with Crippen LogP contribution in [-0.2, 0) is 0 Å². The third kappa shape index (κ3) is 2.00. The first kappa shape index (κ1) is 10.1. The Bertz CT molecular complexity index is 221. The first-order valence-corrected chi connectivity index (χ1v) is 5.43. The second kappa shape index (κ2) is 4.01. The van der Waals surface area contributed by atoms with Gasteiger partial charge in [0.15, 0.2) is 0 Å². The summed E-state index contributed by atoms with van der Waals surface area (Å²) in [6, 6.07) is 0. The predicted molar refractivity (Wildman–Crippen MR) is 54.9 cm³/mol. The molecule has 3 nitrogen and oxygen atoms in total. The van der Waals surface area contributed by atoms with Gasteiger partial charge in [-0.25, -0.2) is 0 Å². The van der Waals surface area contributed by atoms with Crippen LogP contribution in [0, 0.1) is 5.92 Å². The van der Waals surface area contributed by atoms with E-state index in [-0.39, 0.29) is 18.2 Å². The minimum absolute atomic E-state index is 0.139. The van der Waals surface area contributed by atoms with Crippen LogP contribution in [0.5, 0.6) is 0 Å². The third-order valence-electron chi connectivity index (χ3n) is 3.43. The van der Waals surface area contributed by atoms with Crippen molar-refractivity contribution in [2.45, 2.75) is 37.3 Å². The standard InChI is InChI=1S/C11H19NO2/c13-8-11(6-10(14)7-12-11)5-9-3-1-2-4-9/h1-2,9-10,12-14H,3-8H2. The van der Waals surface area contributed by atoms with Crippen LogP contribution >= 0.6 is 0 Å². The highest BCUT2D eigenvalue weighted by atomic mass is 16.3. The average Bonchev–Trinajstić information content (AvgIpc) is 2.77. The molecule has 1 aliphatic carbocycles. The molecule has 0 spiro atoms. The van der Waals surface area contributed by atoms with E-state index in [2.05, 4.69) is 17.5 Å². The summed E-state index contributed by atoms with van der Waals surface area (Å²) >= 11 is 0. The summed E-state index contributed by atoms with van der Waals surface area (Å²) < 4.78 is 0. The molecule has 0 radical (unpaired) electrons. The number of β-amino-alcohol motifs (C(OH)–C–C–N with tert-alkyl or cyclic N) is 1. The van der Waals surface area contributed by atoms with E-state index in [1.165, 1.54) is 0 Å². The van der Waals surface area contributed by atoms with Crippen molar-refractivity contribution in [3.05, 3.63) is 12.2 Å². The van der Waals surface area contributed by atoms with Gasteiger partial charge in [-0.2, -0.15) is 0 Å². The molecule has 2 unspecified atom stereocenters. The lowest BCUT2D eigenvalue weighted by Gasteiger charge is -2.30. The zero-order valence-corrected chi connectivity index (χ0v) is 8.45. The molecule has 1 saturated heterocycles.